The van der Waals surface area contributed by atoms with Gasteiger partial charge in [-0.05, 0) is 48.5 Å². The molecule has 1 aromatic heterocycles. The molecular weight excluding hydrogens is 407 g/mol. The van der Waals surface area contributed by atoms with Gasteiger partial charge in [0.1, 0.15) is 18.3 Å². The fourth-order valence-electron chi connectivity index (χ4n) is 2.76. The summed E-state index contributed by atoms with van der Waals surface area (Å²) in [6.07, 6.45) is 2.59. The number of hydrogen-bond acceptors (Lipinski definition) is 6. The Morgan fingerprint density at radius 2 is 1.93 bits per heavy atom. The van der Waals surface area contributed by atoms with Gasteiger partial charge in [-0.25, -0.2) is 17.8 Å². The Morgan fingerprint density at radius 1 is 1.18 bits per heavy atom. The lowest BCUT2D eigenvalue weighted by molar-refractivity contribution is 0.567. The van der Waals surface area contributed by atoms with Crippen molar-refractivity contribution in [1.82, 2.24) is 0 Å². The van der Waals surface area contributed by atoms with Crippen LogP contribution in [0.25, 0.3) is 0 Å². The van der Waals surface area contributed by atoms with Crippen LogP contribution in [0.3, 0.4) is 0 Å². The number of rotatable bonds is 4. The fraction of sp³-hybridized carbons (Fsp3) is 0.0556. The molecule has 1 aliphatic rings. The van der Waals surface area contributed by atoms with Crippen LogP contribution < -0.4 is 15.4 Å². The van der Waals surface area contributed by atoms with Crippen molar-refractivity contribution in [2.45, 2.75) is 11.1 Å². The molecule has 4 rings (SSSR count). The number of benzene rings is 2. The molecular formula is C18H14ClFN4O3S. The van der Waals surface area contributed by atoms with Gasteiger partial charge in [-0.2, -0.15) is 0 Å². The van der Waals surface area contributed by atoms with Crippen LogP contribution in [-0.4, -0.2) is 14.8 Å². The van der Waals surface area contributed by atoms with E-state index in [0.29, 0.717) is 11.6 Å². The molecule has 2 heterocycles. The Kier molecular flexibility index (Phi) is 4.58. The van der Waals surface area contributed by atoms with E-state index >= 15 is 0 Å². The minimum absolute atomic E-state index is 0.138. The summed E-state index contributed by atoms with van der Waals surface area (Å²) < 4.78 is 45.8. The highest BCUT2D eigenvalue weighted by Gasteiger charge is 2.24. The predicted octanol–water partition coefficient (Wildman–Crippen LogP) is 4.01. The minimum atomic E-state index is -3.91. The van der Waals surface area contributed by atoms with Gasteiger partial charge in [0.15, 0.2) is 0 Å². The Hall–Kier alpha value is -2.88. The van der Waals surface area contributed by atoms with Gasteiger partial charge >= 0.3 is 0 Å². The van der Waals surface area contributed by atoms with Crippen LogP contribution in [0.1, 0.15) is 11.7 Å². The average molecular weight is 421 g/mol. The van der Waals surface area contributed by atoms with E-state index in [-0.39, 0.29) is 9.92 Å². The first-order valence-corrected chi connectivity index (χ1v) is 9.95. The van der Waals surface area contributed by atoms with Crippen molar-refractivity contribution < 1.29 is 17.2 Å². The van der Waals surface area contributed by atoms with Crippen molar-refractivity contribution in [3.05, 3.63) is 71.2 Å². The summed E-state index contributed by atoms with van der Waals surface area (Å²) in [6, 6.07) is 11.5. The Labute approximate surface area is 165 Å². The molecule has 1 aliphatic heterocycles. The first-order chi connectivity index (χ1) is 13.3. The number of furan rings is 1. The molecule has 1 atom stereocenters. The molecule has 144 valence electrons. The largest absolute Gasteiger partial charge is 0.446 e. The fourth-order valence-corrected chi connectivity index (χ4v) is 4.09. The van der Waals surface area contributed by atoms with Gasteiger partial charge in [0.25, 0.3) is 10.0 Å². The van der Waals surface area contributed by atoms with Crippen LogP contribution in [0, 0.1) is 5.82 Å². The molecule has 0 radical (unpaired) electrons. The standard InChI is InChI=1S/C18H14ClFN4O3S/c19-15-9-13(5-6-16(15)20)28(25,26)23-11-1-3-12(4-2-11)24-10-22-18-14(17(24)21)7-8-27-18/h1-10,17,23H,21H2. The third-order valence-corrected chi connectivity index (χ3v) is 5.88. The van der Waals surface area contributed by atoms with Crippen LogP contribution in [-0.2, 0) is 10.0 Å². The summed E-state index contributed by atoms with van der Waals surface area (Å²) in [7, 11) is -3.91. The molecule has 1 unspecified atom stereocenters. The summed E-state index contributed by atoms with van der Waals surface area (Å²) in [6.45, 7) is 0. The molecule has 28 heavy (non-hydrogen) atoms. The maximum atomic E-state index is 13.3. The molecule has 3 aromatic rings. The highest BCUT2D eigenvalue weighted by Crippen LogP contribution is 2.34. The third kappa shape index (κ3) is 3.35. The van der Waals surface area contributed by atoms with Crippen molar-refractivity contribution in [3.8, 4) is 0 Å². The molecule has 0 saturated heterocycles. The normalized spacial score (nSPS) is 16.1. The predicted molar refractivity (Wildman–Crippen MR) is 105 cm³/mol. The van der Waals surface area contributed by atoms with Crippen molar-refractivity contribution in [2.24, 2.45) is 10.7 Å². The van der Waals surface area contributed by atoms with E-state index in [2.05, 4.69) is 9.71 Å². The van der Waals surface area contributed by atoms with Gasteiger partial charge in [0.05, 0.1) is 21.7 Å². The maximum absolute atomic E-state index is 13.3. The minimum Gasteiger partial charge on any atom is -0.446 e. The van der Waals surface area contributed by atoms with Crippen LogP contribution in [0.4, 0.5) is 21.6 Å². The van der Waals surface area contributed by atoms with E-state index in [4.69, 9.17) is 21.8 Å². The molecule has 7 nitrogen and oxygen atoms in total. The number of anilines is 2. The zero-order valence-corrected chi connectivity index (χ0v) is 15.8. The Balaban J connectivity index is 1.54. The van der Waals surface area contributed by atoms with Gasteiger partial charge in [-0.15, -0.1) is 0 Å². The van der Waals surface area contributed by atoms with Crippen LogP contribution in [0.15, 0.2) is 69.1 Å². The van der Waals surface area contributed by atoms with E-state index in [1.54, 1.807) is 41.6 Å². The summed E-state index contributed by atoms with van der Waals surface area (Å²) in [5.41, 5.74) is 8.03. The van der Waals surface area contributed by atoms with E-state index in [1.807, 2.05) is 0 Å². The number of nitrogens with two attached hydrogens (primary N) is 1. The second kappa shape index (κ2) is 6.93. The Bertz CT molecular complexity index is 1160. The van der Waals surface area contributed by atoms with Crippen LogP contribution in [0.2, 0.25) is 5.02 Å². The molecule has 0 fully saturated rings. The number of halogens is 2. The number of nitrogens with zero attached hydrogens (tertiary/aromatic N) is 2. The SMILES string of the molecule is NC1c2ccoc2N=CN1c1ccc(NS(=O)(=O)c2ccc(F)c(Cl)c2)cc1. The molecule has 0 saturated carbocycles. The lowest BCUT2D eigenvalue weighted by Gasteiger charge is -2.29. The monoisotopic (exact) mass is 420 g/mol. The van der Waals surface area contributed by atoms with Crippen molar-refractivity contribution in [3.63, 3.8) is 0 Å². The summed E-state index contributed by atoms with van der Waals surface area (Å²) in [5.74, 6) is -0.226. The van der Waals surface area contributed by atoms with Gasteiger partial charge in [-0.3, -0.25) is 4.72 Å². The summed E-state index contributed by atoms with van der Waals surface area (Å²) >= 11 is 5.67. The van der Waals surface area contributed by atoms with Crippen molar-refractivity contribution in [2.75, 3.05) is 9.62 Å². The lowest BCUT2D eigenvalue weighted by Crippen LogP contribution is -2.35. The lowest BCUT2D eigenvalue weighted by atomic mass is 10.2. The van der Waals surface area contributed by atoms with E-state index in [0.717, 1.165) is 29.4 Å². The number of nitrogens with one attached hydrogen (secondary N) is 1. The molecule has 0 bridgehead atoms. The Morgan fingerprint density at radius 3 is 2.64 bits per heavy atom. The maximum Gasteiger partial charge on any atom is 0.261 e. The average Bonchev–Trinajstić information content (AvgIpc) is 3.14. The zero-order chi connectivity index (χ0) is 19.9. The second-order valence-electron chi connectivity index (χ2n) is 6.01. The van der Waals surface area contributed by atoms with E-state index in [9.17, 15) is 12.8 Å². The van der Waals surface area contributed by atoms with Gasteiger partial charge in [0, 0.05) is 11.4 Å². The molecule has 10 heteroatoms. The van der Waals surface area contributed by atoms with Gasteiger partial charge in [0.2, 0.25) is 5.88 Å². The highest BCUT2D eigenvalue weighted by molar-refractivity contribution is 7.92. The van der Waals surface area contributed by atoms with Crippen molar-refractivity contribution in [1.29, 1.82) is 0 Å². The third-order valence-electron chi connectivity index (χ3n) is 4.21. The first kappa shape index (κ1) is 18.5. The number of fused-ring (bicyclic) bond motifs is 1. The number of aliphatic imine (C=N–C) groups is 1. The quantitative estimate of drug-likeness (QED) is 0.664. The smallest absolute Gasteiger partial charge is 0.261 e. The number of hydrogen-bond donors (Lipinski definition) is 2. The summed E-state index contributed by atoms with van der Waals surface area (Å²) in [4.78, 5) is 5.79. The first-order valence-electron chi connectivity index (χ1n) is 8.08. The zero-order valence-electron chi connectivity index (χ0n) is 14.2. The van der Waals surface area contributed by atoms with Crippen LogP contribution in [0.5, 0.6) is 0 Å². The van der Waals surface area contributed by atoms with E-state index in [1.165, 1.54) is 6.26 Å². The second-order valence-corrected chi connectivity index (χ2v) is 8.10. The highest BCUT2D eigenvalue weighted by atomic mass is 35.5. The molecule has 0 spiro atoms. The summed E-state index contributed by atoms with van der Waals surface area (Å²) in [5, 5.41) is -0.268. The van der Waals surface area contributed by atoms with Crippen molar-refractivity contribution >= 4 is 45.2 Å². The number of sulfonamides is 1. The van der Waals surface area contributed by atoms with E-state index < -0.39 is 22.0 Å². The van der Waals surface area contributed by atoms with Gasteiger partial charge in [-0.1, -0.05) is 11.6 Å². The molecule has 0 aliphatic carbocycles. The van der Waals surface area contributed by atoms with Gasteiger partial charge < -0.3 is 15.1 Å². The van der Waals surface area contributed by atoms with Crippen LogP contribution >= 0.6 is 11.6 Å². The molecule has 3 N–H and O–H groups in total. The molecule has 0 amide bonds. The molecule has 2 aromatic carbocycles. The topological polar surface area (TPSA) is 101 Å².